The molecule has 0 saturated carbocycles. The van der Waals surface area contributed by atoms with E-state index in [2.05, 4.69) is 11.9 Å². The van der Waals surface area contributed by atoms with Crippen LogP contribution in [0.3, 0.4) is 0 Å². The highest BCUT2D eigenvalue weighted by molar-refractivity contribution is 6.13. The van der Waals surface area contributed by atoms with Gasteiger partial charge in [0.1, 0.15) is 17.3 Å². The molecule has 0 aromatic heterocycles. The zero-order chi connectivity index (χ0) is 25.2. The van der Waals surface area contributed by atoms with E-state index < -0.39 is 0 Å². The molecular formula is C28H30FN3O3. The minimum Gasteiger partial charge on any atom is -0.497 e. The van der Waals surface area contributed by atoms with Crippen molar-refractivity contribution in [3.8, 4) is 11.5 Å². The van der Waals surface area contributed by atoms with Crippen molar-refractivity contribution in [1.29, 1.82) is 5.41 Å². The topological polar surface area (TPSA) is 89.6 Å². The molecule has 0 aliphatic carbocycles. The van der Waals surface area contributed by atoms with Crippen LogP contribution in [0.4, 0.5) is 10.1 Å². The summed E-state index contributed by atoms with van der Waals surface area (Å²) in [5.74, 6) is 0.952. The molecular weight excluding hydrogens is 445 g/mol. The SMILES string of the molecule is C=Cc1cc(CNCOCc2ccc(N)c(C(=N)/C=C/c3ccc(F)cc3)c2OC)cc(OC)c1. The zero-order valence-corrected chi connectivity index (χ0v) is 19.9. The summed E-state index contributed by atoms with van der Waals surface area (Å²) in [4.78, 5) is 0. The molecule has 3 rings (SSSR count). The normalized spacial score (nSPS) is 10.9. The van der Waals surface area contributed by atoms with Crippen molar-refractivity contribution >= 4 is 23.6 Å². The molecule has 3 aromatic carbocycles. The highest BCUT2D eigenvalue weighted by atomic mass is 19.1. The molecule has 0 aliphatic rings. The second-order valence-electron chi connectivity index (χ2n) is 7.76. The lowest BCUT2D eigenvalue weighted by molar-refractivity contribution is 0.101. The first kappa shape index (κ1) is 25.7. The minimum atomic E-state index is -0.310. The predicted molar refractivity (Wildman–Crippen MR) is 139 cm³/mol. The van der Waals surface area contributed by atoms with Crippen LogP contribution in [0.15, 0.2) is 67.3 Å². The smallest absolute Gasteiger partial charge is 0.135 e. The molecule has 0 atom stereocenters. The van der Waals surface area contributed by atoms with Gasteiger partial charge in [-0.1, -0.05) is 43.0 Å². The Morgan fingerprint density at radius 1 is 1.06 bits per heavy atom. The highest BCUT2D eigenvalue weighted by Crippen LogP contribution is 2.30. The molecule has 0 spiro atoms. The van der Waals surface area contributed by atoms with E-state index in [4.69, 9.17) is 25.4 Å². The monoisotopic (exact) mass is 475 g/mol. The second kappa shape index (κ2) is 12.5. The van der Waals surface area contributed by atoms with E-state index in [-0.39, 0.29) is 18.1 Å². The molecule has 0 bridgehead atoms. The number of rotatable bonds is 12. The van der Waals surface area contributed by atoms with E-state index in [1.165, 1.54) is 19.2 Å². The van der Waals surface area contributed by atoms with Gasteiger partial charge in [-0.25, -0.2) is 4.39 Å². The van der Waals surface area contributed by atoms with Gasteiger partial charge in [-0.05, 0) is 53.1 Å². The van der Waals surface area contributed by atoms with E-state index in [1.807, 2.05) is 24.3 Å². The van der Waals surface area contributed by atoms with Gasteiger partial charge in [-0.2, -0.15) is 0 Å². The van der Waals surface area contributed by atoms with E-state index >= 15 is 0 Å². The molecule has 35 heavy (non-hydrogen) atoms. The first-order chi connectivity index (χ1) is 16.9. The van der Waals surface area contributed by atoms with Gasteiger partial charge in [-0.3, -0.25) is 5.32 Å². The van der Waals surface area contributed by atoms with E-state index in [1.54, 1.807) is 43.5 Å². The van der Waals surface area contributed by atoms with Gasteiger partial charge in [0.2, 0.25) is 0 Å². The average molecular weight is 476 g/mol. The second-order valence-corrected chi connectivity index (χ2v) is 7.76. The predicted octanol–water partition coefficient (Wildman–Crippen LogP) is 5.41. The maximum atomic E-state index is 13.1. The van der Waals surface area contributed by atoms with Crippen molar-refractivity contribution < 1.29 is 18.6 Å². The van der Waals surface area contributed by atoms with Gasteiger partial charge >= 0.3 is 0 Å². The summed E-state index contributed by atoms with van der Waals surface area (Å²) >= 11 is 0. The molecule has 182 valence electrons. The minimum absolute atomic E-state index is 0.180. The standard InChI is InChI=1S/C28H30FN3O3/c1-4-19-13-21(15-24(14-19)33-2)16-32-18-35-17-22-8-12-26(31)27(28(22)34-3)25(30)11-7-20-5-9-23(29)10-6-20/h4-15,30,32H,1,16-18,31H2,2-3H3/b11-7+,30-25?. The lowest BCUT2D eigenvalue weighted by Crippen LogP contribution is -2.18. The number of halogens is 1. The van der Waals surface area contributed by atoms with Gasteiger partial charge in [0.15, 0.2) is 0 Å². The third-order valence-corrected chi connectivity index (χ3v) is 5.31. The Labute approximate surface area is 205 Å². The van der Waals surface area contributed by atoms with E-state index in [0.29, 0.717) is 30.3 Å². The van der Waals surface area contributed by atoms with Crippen molar-refractivity contribution in [1.82, 2.24) is 5.32 Å². The first-order valence-corrected chi connectivity index (χ1v) is 11.0. The molecule has 0 fully saturated rings. The van der Waals surface area contributed by atoms with Crippen LogP contribution in [-0.4, -0.2) is 26.7 Å². The number of anilines is 1. The van der Waals surface area contributed by atoms with E-state index in [0.717, 1.165) is 28.0 Å². The van der Waals surface area contributed by atoms with Crippen LogP contribution in [0.5, 0.6) is 11.5 Å². The number of nitrogens with one attached hydrogen (secondary N) is 2. The molecule has 0 aliphatic heterocycles. The summed E-state index contributed by atoms with van der Waals surface area (Å²) in [6.45, 7) is 4.99. The van der Waals surface area contributed by atoms with Crippen molar-refractivity contribution in [3.05, 3.63) is 101 Å². The molecule has 0 unspecified atom stereocenters. The Kier molecular flexibility index (Phi) is 9.17. The molecule has 0 saturated heterocycles. The number of nitrogen functional groups attached to an aromatic ring is 1. The van der Waals surface area contributed by atoms with Crippen molar-refractivity contribution in [2.45, 2.75) is 13.2 Å². The lowest BCUT2D eigenvalue weighted by atomic mass is 10.0. The third-order valence-electron chi connectivity index (χ3n) is 5.31. The maximum Gasteiger partial charge on any atom is 0.135 e. The Hall–Kier alpha value is -3.94. The summed E-state index contributed by atoms with van der Waals surface area (Å²) < 4.78 is 29.8. The quantitative estimate of drug-likeness (QED) is 0.141. The van der Waals surface area contributed by atoms with Crippen LogP contribution in [0.25, 0.3) is 12.2 Å². The molecule has 7 heteroatoms. The van der Waals surface area contributed by atoms with Crippen molar-refractivity contribution in [2.75, 3.05) is 26.7 Å². The number of benzene rings is 3. The third kappa shape index (κ3) is 7.02. The number of ether oxygens (including phenoxy) is 3. The van der Waals surface area contributed by atoms with Gasteiger partial charge < -0.3 is 25.4 Å². The first-order valence-electron chi connectivity index (χ1n) is 11.0. The average Bonchev–Trinajstić information content (AvgIpc) is 2.88. The highest BCUT2D eigenvalue weighted by Gasteiger charge is 2.16. The fourth-order valence-corrected chi connectivity index (χ4v) is 3.55. The number of hydrogen-bond donors (Lipinski definition) is 3. The Balaban J connectivity index is 1.63. The van der Waals surface area contributed by atoms with Crippen LogP contribution in [-0.2, 0) is 17.9 Å². The van der Waals surface area contributed by atoms with E-state index in [9.17, 15) is 4.39 Å². The van der Waals surface area contributed by atoms with Gasteiger partial charge in [0.25, 0.3) is 0 Å². The summed E-state index contributed by atoms with van der Waals surface area (Å²) in [7, 11) is 3.17. The molecule has 3 aromatic rings. The Morgan fingerprint density at radius 3 is 2.51 bits per heavy atom. The number of nitrogens with two attached hydrogens (primary N) is 1. The van der Waals surface area contributed by atoms with Gasteiger partial charge in [0, 0.05) is 17.8 Å². The Morgan fingerprint density at radius 2 is 1.83 bits per heavy atom. The van der Waals surface area contributed by atoms with Crippen LogP contribution in [0.2, 0.25) is 0 Å². The number of hydrogen-bond acceptors (Lipinski definition) is 6. The summed E-state index contributed by atoms with van der Waals surface area (Å²) in [5, 5.41) is 11.8. The maximum absolute atomic E-state index is 13.1. The van der Waals surface area contributed by atoms with Crippen LogP contribution in [0, 0.1) is 11.2 Å². The molecule has 0 amide bonds. The van der Waals surface area contributed by atoms with Gasteiger partial charge in [0.05, 0.1) is 38.8 Å². The number of methoxy groups -OCH3 is 2. The molecule has 0 heterocycles. The van der Waals surface area contributed by atoms with Crippen LogP contribution < -0.4 is 20.5 Å². The summed E-state index contributed by atoms with van der Waals surface area (Å²) in [6, 6.07) is 15.5. The fourth-order valence-electron chi connectivity index (χ4n) is 3.55. The van der Waals surface area contributed by atoms with Crippen LogP contribution in [0.1, 0.15) is 27.8 Å². The largest absolute Gasteiger partial charge is 0.497 e. The summed E-state index contributed by atoms with van der Waals surface area (Å²) in [6.07, 6.45) is 5.11. The number of allylic oxidation sites excluding steroid dienone is 1. The molecule has 6 nitrogen and oxygen atoms in total. The van der Waals surface area contributed by atoms with Gasteiger partial charge in [-0.15, -0.1) is 0 Å². The molecule has 4 N–H and O–H groups in total. The lowest BCUT2D eigenvalue weighted by Gasteiger charge is -2.16. The summed E-state index contributed by atoms with van der Waals surface area (Å²) in [5.41, 5.74) is 10.8. The van der Waals surface area contributed by atoms with Crippen LogP contribution >= 0.6 is 0 Å². The fraction of sp³-hybridized carbons (Fsp3) is 0.179. The molecule has 0 radical (unpaired) electrons. The zero-order valence-electron chi connectivity index (χ0n) is 19.9. The Bertz CT molecular complexity index is 1210. The van der Waals surface area contributed by atoms with Crippen molar-refractivity contribution in [2.24, 2.45) is 0 Å². The van der Waals surface area contributed by atoms with Crippen molar-refractivity contribution in [3.63, 3.8) is 0 Å².